The van der Waals surface area contributed by atoms with Crippen LogP contribution in [0.1, 0.15) is 30.6 Å². The Morgan fingerprint density at radius 3 is 2.54 bits per heavy atom. The molecule has 0 aliphatic heterocycles. The van der Waals surface area contributed by atoms with Crippen molar-refractivity contribution in [3.8, 4) is 0 Å². The molecule has 0 radical (unpaired) electrons. The number of hydrogen-bond donors (Lipinski definition) is 2. The summed E-state index contributed by atoms with van der Waals surface area (Å²) in [6.45, 7) is 2.74. The topological polar surface area (TPSA) is 97.4 Å². The van der Waals surface area contributed by atoms with Gasteiger partial charge in [0.25, 0.3) is 5.91 Å². The van der Waals surface area contributed by atoms with Crippen LogP contribution in [-0.4, -0.2) is 29.4 Å². The van der Waals surface area contributed by atoms with E-state index in [0.717, 1.165) is 5.69 Å². The highest BCUT2D eigenvalue weighted by molar-refractivity contribution is 7.13. The molecular weight excluding hydrogens is 378 g/mol. The largest absolute Gasteiger partial charge is 0.455 e. The van der Waals surface area contributed by atoms with E-state index < -0.39 is 24.5 Å². The average molecular weight is 396 g/mol. The fourth-order valence-corrected chi connectivity index (χ4v) is 2.96. The number of halogens is 1. The molecule has 1 unspecified atom stereocenters. The molecule has 7 nitrogen and oxygen atoms in total. The fraction of sp³-hybridized carbons (Fsp3) is 0.294. The van der Waals surface area contributed by atoms with Gasteiger partial charge in [-0.15, -0.1) is 11.3 Å². The number of amides is 2. The van der Waals surface area contributed by atoms with Gasteiger partial charge in [-0.2, -0.15) is 0 Å². The molecule has 0 aliphatic carbocycles. The number of carbonyl (C=O) groups excluding carboxylic acids is 3. The lowest BCUT2D eigenvalue weighted by molar-refractivity contribution is -0.148. The van der Waals surface area contributed by atoms with Gasteiger partial charge < -0.3 is 10.1 Å². The highest BCUT2D eigenvalue weighted by Crippen LogP contribution is 2.20. The molecule has 0 fully saturated rings. The monoisotopic (exact) mass is 395 g/mol. The number of hydrogen-bond acceptors (Lipinski definition) is 6. The maximum atomic E-state index is 12.0. The third-order valence-corrected chi connectivity index (χ3v) is 4.38. The molecule has 0 bridgehead atoms. The molecule has 26 heavy (non-hydrogen) atoms. The minimum Gasteiger partial charge on any atom is -0.455 e. The summed E-state index contributed by atoms with van der Waals surface area (Å²) in [5, 5.41) is 8.02. The molecule has 1 aromatic carbocycles. The highest BCUT2D eigenvalue weighted by atomic mass is 35.5. The first kappa shape index (κ1) is 19.9. The SMILES string of the molecule is CC(=O)NC(CC(=O)OCC(=O)Nc1nc(C)cs1)c1ccc(Cl)cc1. The second-order valence-corrected chi connectivity index (χ2v) is 6.81. The molecular formula is C17H18ClN3O4S. The molecule has 0 saturated heterocycles. The van der Waals surface area contributed by atoms with Crippen LogP contribution in [0.4, 0.5) is 5.13 Å². The van der Waals surface area contributed by atoms with Gasteiger partial charge in [-0.1, -0.05) is 23.7 Å². The zero-order chi connectivity index (χ0) is 19.1. The molecule has 138 valence electrons. The van der Waals surface area contributed by atoms with Crippen LogP contribution in [0.3, 0.4) is 0 Å². The van der Waals surface area contributed by atoms with E-state index in [2.05, 4.69) is 15.6 Å². The lowest BCUT2D eigenvalue weighted by atomic mass is 10.0. The van der Waals surface area contributed by atoms with E-state index in [1.807, 2.05) is 6.92 Å². The van der Waals surface area contributed by atoms with Crippen molar-refractivity contribution >= 4 is 45.9 Å². The standard InChI is InChI=1S/C17H18ClN3O4S/c1-10-9-26-17(19-10)21-15(23)8-25-16(24)7-14(20-11(2)22)12-3-5-13(18)6-4-12/h3-6,9,14H,7-8H2,1-2H3,(H,20,22)(H,19,21,23). The van der Waals surface area contributed by atoms with Crippen molar-refractivity contribution in [3.63, 3.8) is 0 Å². The summed E-state index contributed by atoms with van der Waals surface area (Å²) in [5.74, 6) is -1.37. The van der Waals surface area contributed by atoms with E-state index in [4.69, 9.17) is 16.3 Å². The van der Waals surface area contributed by atoms with Crippen molar-refractivity contribution in [1.29, 1.82) is 0 Å². The van der Waals surface area contributed by atoms with E-state index in [1.165, 1.54) is 18.3 Å². The molecule has 2 amide bonds. The predicted octanol–water partition coefficient (Wildman–Crippen LogP) is 2.85. The Hall–Kier alpha value is -2.45. The van der Waals surface area contributed by atoms with E-state index in [-0.39, 0.29) is 12.3 Å². The number of carbonyl (C=O) groups is 3. The maximum Gasteiger partial charge on any atom is 0.308 e. The highest BCUT2D eigenvalue weighted by Gasteiger charge is 2.19. The minimum atomic E-state index is -0.607. The quantitative estimate of drug-likeness (QED) is 0.702. The summed E-state index contributed by atoms with van der Waals surface area (Å²) < 4.78 is 4.99. The van der Waals surface area contributed by atoms with Gasteiger partial charge in [0.2, 0.25) is 5.91 Å². The molecule has 2 aromatic rings. The number of esters is 1. The lowest BCUT2D eigenvalue weighted by Gasteiger charge is -2.17. The first-order valence-electron chi connectivity index (χ1n) is 7.73. The molecule has 0 aliphatic rings. The van der Waals surface area contributed by atoms with Crippen LogP contribution in [0.25, 0.3) is 0 Å². The molecule has 1 heterocycles. The van der Waals surface area contributed by atoms with Crippen molar-refractivity contribution in [2.45, 2.75) is 26.3 Å². The van der Waals surface area contributed by atoms with Gasteiger partial charge in [0.15, 0.2) is 11.7 Å². The van der Waals surface area contributed by atoms with Crippen molar-refractivity contribution in [2.75, 3.05) is 11.9 Å². The first-order valence-corrected chi connectivity index (χ1v) is 8.99. The van der Waals surface area contributed by atoms with Crippen molar-refractivity contribution < 1.29 is 19.1 Å². The second-order valence-electron chi connectivity index (χ2n) is 5.51. The van der Waals surface area contributed by atoms with Crippen LogP contribution in [-0.2, 0) is 19.1 Å². The normalized spacial score (nSPS) is 11.5. The Labute approximate surface area is 159 Å². The lowest BCUT2D eigenvalue weighted by Crippen LogP contribution is -2.29. The number of thiazole rings is 1. The van der Waals surface area contributed by atoms with E-state index in [9.17, 15) is 14.4 Å². The summed E-state index contributed by atoms with van der Waals surface area (Å²) in [6.07, 6.45) is -0.106. The number of rotatable bonds is 7. The summed E-state index contributed by atoms with van der Waals surface area (Å²) in [6, 6.07) is 6.20. The van der Waals surface area contributed by atoms with Gasteiger partial charge in [-0.25, -0.2) is 4.98 Å². The van der Waals surface area contributed by atoms with Crippen LogP contribution in [0.15, 0.2) is 29.6 Å². The fourth-order valence-electron chi connectivity index (χ4n) is 2.13. The summed E-state index contributed by atoms with van der Waals surface area (Å²) in [7, 11) is 0. The van der Waals surface area contributed by atoms with E-state index in [0.29, 0.717) is 15.7 Å². The number of aryl methyl sites for hydroxylation is 1. The number of aromatic nitrogens is 1. The predicted molar refractivity (Wildman–Crippen MR) is 99.1 cm³/mol. The summed E-state index contributed by atoms with van der Waals surface area (Å²) in [4.78, 5) is 39.3. The number of nitrogens with one attached hydrogen (secondary N) is 2. The average Bonchev–Trinajstić information content (AvgIpc) is 2.97. The van der Waals surface area contributed by atoms with Crippen molar-refractivity contribution in [3.05, 3.63) is 45.9 Å². The van der Waals surface area contributed by atoms with Gasteiger partial charge in [-0.3, -0.25) is 19.7 Å². The Kier molecular flexibility index (Phi) is 7.11. The first-order chi connectivity index (χ1) is 12.3. The zero-order valence-electron chi connectivity index (χ0n) is 14.2. The van der Waals surface area contributed by atoms with Gasteiger partial charge in [0, 0.05) is 17.3 Å². The van der Waals surface area contributed by atoms with Crippen molar-refractivity contribution in [2.24, 2.45) is 0 Å². The Balaban J connectivity index is 1.88. The van der Waals surface area contributed by atoms with E-state index >= 15 is 0 Å². The second kappa shape index (κ2) is 9.30. The number of anilines is 1. The molecule has 2 N–H and O–H groups in total. The van der Waals surface area contributed by atoms with Crippen LogP contribution < -0.4 is 10.6 Å². The zero-order valence-corrected chi connectivity index (χ0v) is 15.8. The third kappa shape index (κ3) is 6.45. The molecule has 0 spiro atoms. The third-order valence-electron chi connectivity index (χ3n) is 3.25. The van der Waals surface area contributed by atoms with Gasteiger partial charge in [-0.05, 0) is 24.6 Å². The van der Waals surface area contributed by atoms with Crippen molar-refractivity contribution in [1.82, 2.24) is 10.3 Å². The smallest absolute Gasteiger partial charge is 0.308 e. The van der Waals surface area contributed by atoms with Gasteiger partial charge in [0.05, 0.1) is 18.2 Å². The summed E-state index contributed by atoms with van der Waals surface area (Å²) >= 11 is 7.14. The van der Waals surface area contributed by atoms with Gasteiger partial charge in [0.1, 0.15) is 0 Å². The number of ether oxygens (including phenoxy) is 1. The Bertz CT molecular complexity index is 792. The maximum absolute atomic E-state index is 12.0. The molecule has 1 aromatic heterocycles. The van der Waals surface area contributed by atoms with Crippen LogP contribution in [0.2, 0.25) is 5.02 Å². The summed E-state index contributed by atoms with van der Waals surface area (Å²) in [5.41, 5.74) is 1.51. The van der Waals surface area contributed by atoms with Crippen LogP contribution in [0, 0.1) is 6.92 Å². The minimum absolute atomic E-state index is 0.106. The number of nitrogens with zero attached hydrogens (tertiary/aromatic N) is 1. The molecule has 0 saturated carbocycles. The molecule has 1 atom stereocenters. The van der Waals surface area contributed by atoms with Crippen LogP contribution in [0.5, 0.6) is 0 Å². The van der Waals surface area contributed by atoms with E-state index in [1.54, 1.807) is 29.6 Å². The molecule has 9 heteroatoms. The van der Waals surface area contributed by atoms with Gasteiger partial charge >= 0.3 is 5.97 Å². The Morgan fingerprint density at radius 2 is 1.96 bits per heavy atom. The number of benzene rings is 1. The molecule has 2 rings (SSSR count). The Morgan fingerprint density at radius 1 is 1.27 bits per heavy atom. The van der Waals surface area contributed by atoms with Crippen LogP contribution >= 0.6 is 22.9 Å².